The highest BCUT2D eigenvalue weighted by molar-refractivity contribution is 5.92. The third-order valence-electron chi connectivity index (χ3n) is 6.20. The summed E-state index contributed by atoms with van der Waals surface area (Å²) in [6.07, 6.45) is 1.56. The van der Waals surface area contributed by atoms with E-state index >= 15 is 0 Å². The summed E-state index contributed by atoms with van der Waals surface area (Å²) in [4.78, 5) is 36.2. The predicted octanol–water partition coefficient (Wildman–Crippen LogP) is 2.45. The number of halogens is 2. The zero-order chi connectivity index (χ0) is 23.3. The molecular weight excluding hydrogens is 432 g/mol. The Morgan fingerprint density at radius 1 is 1.24 bits per heavy atom. The third kappa shape index (κ3) is 4.18. The van der Waals surface area contributed by atoms with Gasteiger partial charge >= 0.3 is 0 Å². The van der Waals surface area contributed by atoms with Crippen molar-refractivity contribution >= 4 is 16.9 Å². The quantitative estimate of drug-likeness (QED) is 0.554. The highest BCUT2D eigenvalue weighted by Crippen LogP contribution is 2.28. The first-order valence-corrected chi connectivity index (χ1v) is 10.9. The van der Waals surface area contributed by atoms with Gasteiger partial charge in [-0.05, 0) is 44.9 Å². The normalized spacial score (nSPS) is 20.5. The van der Waals surface area contributed by atoms with Crippen LogP contribution in [0.5, 0.6) is 5.75 Å². The second-order valence-corrected chi connectivity index (χ2v) is 8.64. The Balaban J connectivity index is 1.23. The number of aryl methyl sites for hydroxylation is 1. The first kappa shape index (κ1) is 21.4. The Hall–Kier alpha value is -3.40. The number of benzene rings is 1. The lowest BCUT2D eigenvalue weighted by atomic mass is 9.99. The first-order valence-electron chi connectivity index (χ1n) is 10.9. The summed E-state index contributed by atoms with van der Waals surface area (Å²) in [6.45, 7) is 4.24. The Bertz CT molecular complexity index is 1310. The molecule has 1 aromatic carbocycles. The number of aromatic nitrogens is 3. The van der Waals surface area contributed by atoms with Gasteiger partial charge in [-0.2, -0.15) is 4.39 Å². The van der Waals surface area contributed by atoms with Crippen LogP contribution in [-0.2, 0) is 6.54 Å². The molecule has 1 unspecified atom stereocenters. The summed E-state index contributed by atoms with van der Waals surface area (Å²) >= 11 is 0. The molecule has 8 nitrogen and oxygen atoms in total. The number of likely N-dealkylation sites (tertiary alicyclic amines) is 1. The summed E-state index contributed by atoms with van der Waals surface area (Å²) in [7, 11) is 0. The van der Waals surface area contributed by atoms with Gasteiger partial charge < -0.3 is 15.0 Å². The molecule has 1 aliphatic heterocycles. The molecule has 2 fully saturated rings. The maximum atomic E-state index is 15.0. The monoisotopic (exact) mass is 455 g/mol. The minimum Gasteiger partial charge on any atom is -0.483 e. The van der Waals surface area contributed by atoms with Crippen molar-refractivity contribution in [2.75, 3.05) is 6.54 Å². The number of hydrogen-bond acceptors (Lipinski definition) is 6. The van der Waals surface area contributed by atoms with E-state index in [1.54, 1.807) is 19.1 Å². The number of amides is 1. The molecule has 1 amide bonds. The summed E-state index contributed by atoms with van der Waals surface area (Å²) in [5.74, 6) is -1.76. The first-order chi connectivity index (χ1) is 15.8. The van der Waals surface area contributed by atoms with Crippen LogP contribution in [-0.4, -0.2) is 50.5 Å². The van der Waals surface area contributed by atoms with Gasteiger partial charge in [0.1, 0.15) is 23.0 Å². The summed E-state index contributed by atoms with van der Waals surface area (Å²) in [5, 5.41) is 2.77. The lowest BCUT2D eigenvalue weighted by Gasteiger charge is -2.45. The van der Waals surface area contributed by atoms with Crippen LogP contribution in [0.25, 0.3) is 11.0 Å². The van der Waals surface area contributed by atoms with Gasteiger partial charge in [-0.3, -0.25) is 14.5 Å². The second kappa shape index (κ2) is 8.18. The molecule has 0 bridgehead atoms. The third-order valence-corrected chi connectivity index (χ3v) is 6.20. The van der Waals surface area contributed by atoms with Crippen LogP contribution in [0.15, 0.2) is 29.1 Å². The van der Waals surface area contributed by atoms with E-state index in [-0.39, 0.29) is 40.8 Å². The molecule has 2 N–H and O–H groups in total. The Morgan fingerprint density at radius 3 is 2.73 bits per heavy atom. The number of fused-ring (bicyclic) bond motifs is 1. The number of rotatable bonds is 6. The van der Waals surface area contributed by atoms with Crippen molar-refractivity contribution in [3.05, 3.63) is 63.3 Å². The van der Waals surface area contributed by atoms with Crippen LogP contribution in [0.2, 0.25) is 0 Å². The van der Waals surface area contributed by atoms with Crippen molar-refractivity contribution < 1.29 is 18.3 Å². The van der Waals surface area contributed by atoms with Crippen LogP contribution in [0, 0.1) is 18.7 Å². The highest BCUT2D eigenvalue weighted by atomic mass is 19.1. The second-order valence-electron chi connectivity index (χ2n) is 8.64. The van der Waals surface area contributed by atoms with Crippen LogP contribution < -0.4 is 15.6 Å². The number of nitrogens with one attached hydrogen (secondary N) is 2. The van der Waals surface area contributed by atoms with E-state index in [1.165, 1.54) is 12.1 Å². The molecule has 1 saturated heterocycles. The van der Waals surface area contributed by atoms with E-state index in [4.69, 9.17) is 4.74 Å². The SMILES string of the molecule is Cc1nc2ccc(CN3CC(Oc4ccc(C(=O)NC5CC5)nc4F)[C@@H]3C)c(F)c2[nH]c1=O. The number of aromatic amines is 1. The van der Waals surface area contributed by atoms with Crippen molar-refractivity contribution in [2.24, 2.45) is 0 Å². The van der Waals surface area contributed by atoms with E-state index in [0.717, 1.165) is 12.8 Å². The molecule has 10 heteroatoms. The van der Waals surface area contributed by atoms with Crippen molar-refractivity contribution in [2.45, 2.75) is 51.4 Å². The molecule has 2 aromatic heterocycles. The van der Waals surface area contributed by atoms with E-state index < -0.39 is 23.2 Å². The minimum absolute atomic E-state index is 0.0181. The van der Waals surface area contributed by atoms with Gasteiger partial charge in [0.2, 0.25) is 0 Å². The molecule has 1 aliphatic carbocycles. The fourth-order valence-corrected chi connectivity index (χ4v) is 3.87. The number of ether oxygens (including phenoxy) is 1. The van der Waals surface area contributed by atoms with Gasteiger partial charge in [-0.1, -0.05) is 6.07 Å². The minimum atomic E-state index is -0.837. The maximum absolute atomic E-state index is 15.0. The zero-order valence-corrected chi connectivity index (χ0v) is 18.2. The molecular formula is C23H23F2N5O3. The molecule has 172 valence electrons. The van der Waals surface area contributed by atoms with Crippen LogP contribution >= 0.6 is 0 Å². The van der Waals surface area contributed by atoms with E-state index in [0.29, 0.717) is 24.2 Å². The number of carbonyl (C=O) groups excluding carboxylic acids is 1. The molecule has 2 aliphatic rings. The topological polar surface area (TPSA) is 100 Å². The Kier molecular flexibility index (Phi) is 5.32. The molecule has 0 spiro atoms. The number of pyridine rings is 1. The van der Waals surface area contributed by atoms with Gasteiger partial charge in [0.05, 0.1) is 5.52 Å². The van der Waals surface area contributed by atoms with Crippen molar-refractivity contribution in [1.82, 2.24) is 25.2 Å². The van der Waals surface area contributed by atoms with Gasteiger partial charge in [-0.25, -0.2) is 14.4 Å². The lowest BCUT2D eigenvalue weighted by molar-refractivity contribution is -0.0437. The van der Waals surface area contributed by atoms with Gasteiger partial charge in [0.25, 0.3) is 17.4 Å². The van der Waals surface area contributed by atoms with Crippen molar-refractivity contribution in [3.8, 4) is 5.75 Å². The smallest absolute Gasteiger partial charge is 0.270 e. The average Bonchev–Trinajstić information content (AvgIpc) is 3.60. The molecule has 5 rings (SSSR count). The number of H-pyrrole nitrogens is 1. The number of carbonyl (C=O) groups is 1. The van der Waals surface area contributed by atoms with Crippen molar-refractivity contribution in [1.29, 1.82) is 0 Å². The summed E-state index contributed by atoms with van der Waals surface area (Å²) in [5.41, 5.74) is 0.782. The fourth-order valence-electron chi connectivity index (χ4n) is 3.87. The summed E-state index contributed by atoms with van der Waals surface area (Å²) in [6, 6.07) is 6.24. The molecule has 33 heavy (non-hydrogen) atoms. The highest BCUT2D eigenvalue weighted by Gasteiger charge is 2.38. The molecule has 0 radical (unpaired) electrons. The molecule has 1 saturated carbocycles. The fraction of sp³-hybridized carbons (Fsp3) is 0.391. The maximum Gasteiger partial charge on any atom is 0.270 e. The molecule has 3 aromatic rings. The van der Waals surface area contributed by atoms with Crippen LogP contribution in [0.4, 0.5) is 8.78 Å². The van der Waals surface area contributed by atoms with E-state index in [1.807, 2.05) is 11.8 Å². The molecule has 2 atom stereocenters. The Labute approximate surface area is 188 Å². The molecule has 3 heterocycles. The zero-order valence-electron chi connectivity index (χ0n) is 18.2. The lowest BCUT2D eigenvalue weighted by Crippen LogP contribution is -2.60. The van der Waals surface area contributed by atoms with Gasteiger partial charge in [0, 0.05) is 30.7 Å². The summed E-state index contributed by atoms with van der Waals surface area (Å²) < 4.78 is 35.1. The van der Waals surface area contributed by atoms with Gasteiger partial charge in [0.15, 0.2) is 11.6 Å². The van der Waals surface area contributed by atoms with Crippen LogP contribution in [0.3, 0.4) is 0 Å². The average molecular weight is 455 g/mol. The standard InChI is InChI=1S/C23H23F2N5O3/c1-11-22(31)29-20-15(26-11)6-3-13(19(20)24)9-30-10-18(12(30)2)33-17-8-7-16(28-21(17)25)23(32)27-14-4-5-14/h3,6-8,12,14,18H,4-5,9-10H2,1-2H3,(H,27,32)(H,29,31)/t12-,18?/m0/s1. The van der Waals surface area contributed by atoms with Crippen molar-refractivity contribution in [3.63, 3.8) is 0 Å². The Morgan fingerprint density at radius 2 is 2.03 bits per heavy atom. The largest absolute Gasteiger partial charge is 0.483 e. The number of hydrogen-bond donors (Lipinski definition) is 2. The van der Waals surface area contributed by atoms with E-state index in [9.17, 15) is 18.4 Å². The number of nitrogens with zero attached hydrogens (tertiary/aromatic N) is 3. The van der Waals surface area contributed by atoms with Crippen LogP contribution in [0.1, 0.15) is 41.5 Å². The predicted molar refractivity (Wildman–Crippen MR) is 116 cm³/mol. The van der Waals surface area contributed by atoms with E-state index in [2.05, 4.69) is 20.3 Å². The van der Waals surface area contributed by atoms with Gasteiger partial charge in [-0.15, -0.1) is 0 Å².